The highest BCUT2D eigenvalue weighted by molar-refractivity contribution is 7.92. The average Bonchev–Trinajstić information content (AvgIpc) is 3.18. The number of hydrogen-bond acceptors (Lipinski definition) is 6. The van der Waals surface area contributed by atoms with Gasteiger partial charge in [0, 0.05) is 18.7 Å². The Kier molecular flexibility index (Phi) is 7.00. The van der Waals surface area contributed by atoms with Crippen molar-refractivity contribution in [3.63, 3.8) is 0 Å². The Morgan fingerprint density at radius 1 is 1.34 bits per heavy atom. The standard InChI is InChI=1S/C20H26FN3O4S/c1-2-3-4-11-29(26,27)14-18(25)24-10-6-8-16(13-24)20-22-19(23-28-20)15-7-5-9-17(21)12-15/h5,7,9,12,16H,2-4,6,8,10-11,13-14H2,1H3. The molecular weight excluding hydrogens is 397 g/mol. The lowest BCUT2D eigenvalue weighted by Gasteiger charge is -2.31. The smallest absolute Gasteiger partial charge is 0.237 e. The van der Waals surface area contributed by atoms with Crippen molar-refractivity contribution >= 4 is 15.7 Å². The van der Waals surface area contributed by atoms with Crippen LogP contribution in [0.4, 0.5) is 4.39 Å². The normalized spacial score (nSPS) is 17.4. The molecule has 1 aliphatic heterocycles. The number of carbonyl (C=O) groups is 1. The molecule has 7 nitrogen and oxygen atoms in total. The summed E-state index contributed by atoms with van der Waals surface area (Å²) in [6.07, 6.45) is 3.84. The first-order valence-corrected chi connectivity index (χ1v) is 11.8. The summed E-state index contributed by atoms with van der Waals surface area (Å²) in [6.45, 7) is 2.86. The van der Waals surface area contributed by atoms with Gasteiger partial charge >= 0.3 is 0 Å². The van der Waals surface area contributed by atoms with Crippen molar-refractivity contribution in [3.05, 3.63) is 36.0 Å². The van der Waals surface area contributed by atoms with Gasteiger partial charge in [-0.3, -0.25) is 4.79 Å². The number of amides is 1. The van der Waals surface area contributed by atoms with Gasteiger partial charge in [0.15, 0.2) is 9.84 Å². The van der Waals surface area contributed by atoms with Gasteiger partial charge in [-0.15, -0.1) is 0 Å². The molecule has 158 valence electrons. The van der Waals surface area contributed by atoms with E-state index in [2.05, 4.69) is 10.1 Å². The molecule has 1 aromatic heterocycles. The van der Waals surface area contributed by atoms with E-state index in [4.69, 9.17) is 4.52 Å². The Bertz CT molecular complexity index is 945. The summed E-state index contributed by atoms with van der Waals surface area (Å²) in [4.78, 5) is 18.5. The third-order valence-corrected chi connectivity index (χ3v) is 6.65. The topological polar surface area (TPSA) is 93.4 Å². The summed E-state index contributed by atoms with van der Waals surface area (Å²) in [5.74, 6) is -0.661. The molecule has 29 heavy (non-hydrogen) atoms. The molecule has 3 rings (SSSR count). The number of rotatable bonds is 8. The number of nitrogens with zero attached hydrogens (tertiary/aromatic N) is 3. The molecule has 1 aromatic carbocycles. The number of unbranched alkanes of at least 4 members (excludes halogenated alkanes) is 2. The van der Waals surface area contributed by atoms with Gasteiger partial charge in [0.1, 0.15) is 11.6 Å². The molecule has 1 unspecified atom stereocenters. The highest BCUT2D eigenvalue weighted by Crippen LogP contribution is 2.28. The van der Waals surface area contributed by atoms with Crippen LogP contribution >= 0.6 is 0 Å². The van der Waals surface area contributed by atoms with E-state index >= 15 is 0 Å². The van der Waals surface area contributed by atoms with Crippen LogP contribution in [-0.2, 0) is 14.6 Å². The molecule has 2 heterocycles. The van der Waals surface area contributed by atoms with Gasteiger partial charge in [0.2, 0.25) is 17.6 Å². The Morgan fingerprint density at radius 2 is 2.17 bits per heavy atom. The number of likely N-dealkylation sites (tertiary alicyclic amines) is 1. The Labute approximate surface area is 170 Å². The molecule has 0 aliphatic carbocycles. The predicted octanol–water partition coefficient (Wildman–Crippen LogP) is 3.19. The Morgan fingerprint density at radius 3 is 2.93 bits per heavy atom. The van der Waals surface area contributed by atoms with Crippen LogP contribution in [-0.4, -0.2) is 54.0 Å². The van der Waals surface area contributed by atoms with Crippen molar-refractivity contribution in [3.8, 4) is 11.4 Å². The number of aromatic nitrogens is 2. The molecule has 1 atom stereocenters. The molecule has 1 aliphatic rings. The molecule has 0 N–H and O–H groups in total. The third kappa shape index (κ3) is 5.85. The summed E-state index contributed by atoms with van der Waals surface area (Å²) in [6, 6.07) is 5.93. The van der Waals surface area contributed by atoms with Gasteiger partial charge in [0.25, 0.3) is 0 Å². The molecule has 1 amide bonds. The Balaban J connectivity index is 1.63. The first-order chi connectivity index (χ1) is 13.9. The van der Waals surface area contributed by atoms with Crippen LogP contribution in [0.3, 0.4) is 0 Å². The number of carbonyl (C=O) groups excluding carboxylic acids is 1. The molecule has 1 fully saturated rings. The Hall–Kier alpha value is -2.29. The van der Waals surface area contributed by atoms with E-state index in [1.165, 1.54) is 12.1 Å². The van der Waals surface area contributed by atoms with E-state index in [-0.39, 0.29) is 23.4 Å². The lowest BCUT2D eigenvalue weighted by molar-refractivity contribution is -0.129. The van der Waals surface area contributed by atoms with E-state index in [1.54, 1.807) is 17.0 Å². The van der Waals surface area contributed by atoms with Crippen molar-refractivity contribution in [2.24, 2.45) is 0 Å². The van der Waals surface area contributed by atoms with Crippen LogP contribution in [0.1, 0.15) is 50.8 Å². The van der Waals surface area contributed by atoms with Gasteiger partial charge in [-0.1, -0.05) is 37.1 Å². The maximum atomic E-state index is 13.4. The van der Waals surface area contributed by atoms with Crippen LogP contribution in [0.2, 0.25) is 0 Å². The molecule has 1 saturated heterocycles. The second kappa shape index (κ2) is 9.47. The van der Waals surface area contributed by atoms with Crippen molar-refractivity contribution in [2.45, 2.75) is 44.9 Å². The minimum atomic E-state index is -3.40. The molecule has 0 bridgehead atoms. The summed E-state index contributed by atoms with van der Waals surface area (Å²) in [5, 5.41) is 3.92. The highest BCUT2D eigenvalue weighted by Gasteiger charge is 2.30. The number of hydrogen-bond donors (Lipinski definition) is 0. The minimum absolute atomic E-state index is 0.0461. The van der Waals surface area contributed by atoms with Gasteiger partial charge in [-0.25, -0.2) is 12.8 Å². The van der Waals surface area contributed by atoms with Gasteiger partial charge < -0.3 is 9.42 Å². The van der Waals surface area contributed by atoms with Crippen molar-refractivity contribution in [1.29, 1.82) is 0 Å². The first kappa shape index (κ1) is 21.4. The fraction of sp³-hybridized carbons (Fsp3) is 0.550. The lowest BCUT2D eigenvalue weighted by atomic mass is 9.98. The maximum absolute atomic E-state index is 13.4. The molecular formula is C20H26FN3O4S. The van der Waals surface area contributed by atoms with E-state index in [0.717, 1.165) is 25.7 Å². The van der Waals surface area contributed by atoms with Crippen LogP contribution in [0.25, 0.3) is 11.4 Å². The fourth-order valence-corrected chi connectivity index (χ4v) is 4.82. The molecule has 9 heteroatoms. The second-order valence-electron chi connectivity index (χ2n) is 7.44. The lowest BCUT2D eigenvalue weighted by Crippen LogP contribution is -2.42. The van der Waals surface area contributed by atoms with Crippen molar-refractivity contribution in [2.75, 3.05) is 24.6 Å². The third-order valence-electron chi connectivity index (χ3n) is 5.05. The summed E-state index contributed by atoms with van der Waals surface area (Å²) >= 11 is 0. The van der Waals surface area contributed by atoms with Gasteiger partial charge in [0.05, 0.1) is 11.7 Å². The predicted molar refractivity (Wildman–Crippen MR) is 106 cm³/mol. The molecule has 0 saturated carbocycles. The SMILES string of the molecule is CCCCCS(=O)(=O)CC(=O)N1CCCC(c2nc(-c3cccc(F)c3)no2)C1. The van der Waals surface area contributed by atoms with Gasteiger partial charge in [-0.05, 0) is 31.4 Å². The fourth-order valence-electron chi connectivity index (χ4n) is 3.47. The number of sulfone groups is 1. The maximum Gasteiger partial charge on any atom is 0.237 e. The number of halogens is 1. The largest absolute Gasteiger partial charge is 0.341 e. The van der Waals surface area contributed by atoms with Crippen molar-refractivity contribution in [1.82, 2.24) is 15.0 Å². The van der Waals surface area contributed by atoms with Gasteiger partial charge in [-0.2, -0.15) is 4.98 Å². The number of piperidine rings is 1. The minimum Gasteiger partial charge on any atom is -0.341 e. The van der Waals surface area contributed by atoms with Crippen molar-refractivity contribution < 1.29 is 22.1 Å². The zero-order valence-electron chi connectivity index (χ0n) is 16.5. The zero-order valence-corrected chi connectivity index (χ0v) is 17.3. The zero-order chi connectivity index (χ0) is 20.9. The molecule has 0 spiro atoms. The van der Waals surface area contributed by atoms with E-state index in [1.807, 2.05) is 6.92 Å². The average molecular weight is 424 g/mol. The summed E-state index contributed by atoms with van der Waals surface area (Å²) in [5.41, 5.74) is 0.516. The second-order valence-corrected chi connectivity index (χ2v) is 9.63. The summed E-state index contributed by atoms with van der Waals surface area (Å²) in [7, 11) is -3.40. The van der Waals surface area contributed by atoms with Crippen LogP contribution in [0.15, 0.2) is 28.8 Å². The van der Waals surface area contributed by atoms with Crippen LogP contribution in [0, 0.1) is 5.82 Å². The monoisotopic (exact) mass is 423 g/mol. The van der Waals surface area contributed by atoms with E-state index < -0.39 is 15.6 Å². The molecule has 0 radical (unpaired) electrons. The van der Waals surface area contributed by atoms with Crippen LogP contribution in [0.5, 0.6) is 0 Å². The highest BCUT2D eigenvalue weighted by atomic mass is 32.2. The van der Waals surface area contributed by atoms with Crippen LogP contribution < -0.4 is 0 Å². The van der Waals surface area contributed by atoms with E-state index in [9.17, 15) is 17.6 Å². The van der Waals surface area contributed by atoms with E-state index in [0.29, 0.717) is 36.8 Å². The summed E-state index contributed by atoms with van der Waals surface area (Å²) < 4.78 is 43.1. The first-order valence-electron chi connectivity index (χ1n) is 9.95. The number of benzene rings is 1. The quantitative estimate of drug-likeness (QED) is 0.606. The molecule has 2 aromatic rings.